The van der Waals surface area contributed by atoms with E-state index in [2.05, 4.69) is 48.3 Å². The minimum Gasteiger partial charge on any atom is -0.338 e. The molecule has 0 bridgehead atoms. The van der Waals surface area contributed by atoms with Crippen molar-refractivity contribution in [2.24, 2.45) is 0 Å². The molecule has 4 rings (SSSR count). The van der Waals surface area contributed by atoms with Gasteiger partial charge in [-0.3, -0.25) is 5.10 Å². The molecule has 1 saturated heterocycles. The Morgan fingerprint density at radius 1 is 1.29 bits per heavy atom. The molecule has 0 amide bonds. The fraction of sp³-hybridized carbons (Fsp3) is 0.471. The summed E-state index contributed by atoms with van der Waals surface area (Å²) < 4.78 is 0. The van der Waals surface area contributed by atoms with Gasteiger partial charge in [0.25, 0.3) is 0 Å². The molecular formula is C17H21N7. The van der Waals surface area contributed by atoms with E-state index in [1.54, 1.807) is 6.20 Å². The molecule has 0 atom stereocenters. The molecule has 1 aliphatic carbocycles. The molecule has 2 N–H and O–H groups in total. The summed E-state index contributed by atoms with van der Waals surface area (Å²) in [6.45, 7) is 3.85. The Morgan fingerprint density at radius 2 is 2.08 bits per heavy atom. The number of hydrogen-bond donors (Lipinski definition) is 2. The van der Waals surface area contributed by atoms with Gasteiger partial charge in [0.1, 0.15) is 0 Å². The molecule has 2 aromatic heterocycles. The minimum atomic E-state index is 0.631. The van der Waals surface area contributed by atoms with Gasteiger partial charge in [-0.15, -0.1) is 6.42 Å². The number of aromatic amines is 1. The predicted octanol–water partition coefficient (Wildman–Crippen LogP) is 1.55. The van der Waals surface area contributed by atoms with Crippen molar-refractivity contribution < 1.29 is 0 Å². The van der Waals surface area contributed by atoms with Crippen LogP contribution < -0.4 is 10.2 Å². The standard InChI is InChI=1S/C17H21N7/c1-3-12-11-18-17(24-8-6-23(2)7-9-24)20-16(12)19-15-10-14(21-22-15)13-4-5-13/h1,10-11,13H,4-9H2,2H3,(H2,18,19,20,21,22). The van der Waals surface area contributed by atoms with Crippen LogP contribution in [0.15, 0.2) is 12.3 Å². The number of rotatable bonds is 4. The molecule has 7 nitrogen and oxygen atoms in total. The number of likely N-dealkylation sites (N-methyl/N-ethyl adjacent to an activating group) is 1. The molecule has 7 heteroatoms. The highest BCUT2D eigenvalue weighted by Crippen LogP contribution is 2.39. The molecule has 1 aliphatic heterocycles. The maximum Gasteiger partial charge on any atom is 0.227 e. The van der Waals surface area contributed by atoms with E-state index in [4.69, 9.17) is 6.42 Å². The highest BCUT2D eigenvalue weighted by molar-refractivity contribution is 5.62. The third-order valence-electron chi connectivity index (χ3n) is 4.58. The van der Waals surface area contributed by atoms with Crippen molar-refractivity contribution in [3.05, 3.63) is 23.5 Å². The summed E-state index contributed by atoms with van der Waals surface area (Å²) >= 11 is 0. The molecule has 2 aromatic rings. The van der Waals surface area contributed by atoms with Gasteiger partial charge in [0.05, 0.1) is 11.8 Å². The Kier molecular flexibility index (Phi) is 3.82. The Hall–Kier alpha value is -2.59. The molecule has 124 valence electrons. The van der Waals surface area contributed by atoms with E-state index in [1.165, 1.54) is 18.5 Å². The van der Waals surface area contributed by atoms with Gasteiger partial charge < -0.3 is 15.1 Å². The molecule has 0 spiro atoms. The first kappa shape index (κ1) is 15.0. The average Bonchev–Trinajstić information content (AvgIpc) is 3.35. The van der Waals surface area contributed by atoms with Crippen LogP contribution in [0.1, 0.15) is 30.0 Å². The number of terminal acetylenes is 1. The van der Waals surface area contributed by atoms with Crippen LogP contribution in [0, 0.1) is 12.3 Å². The maximum atomic E-state index is 5.60. The van der Waals surface area contributed by atoms with Crippen LogP contribution in [0.2, 0.25) is 0 Å². The van der Waals surface area contributed by atoms with Gasteiger partial charge in [-0.1, -0.05) is 5.92 Å². The summed E-state index contributed by atoms with van der Waals surface area (Å²) in [7, 11) is 2.13. The van der Waals surface area contributed by atoms with Crippen molar-refractivity contribution in [1.82, 2.24) is 25.1 Å². The SMILES string of the molecule is C#Cc1cnc(N2CCN(C)CC2)nc1Nc1cc(C2CC2)[nH]n1. The maximum absolute atomic E-state index is 5.60. The summed E-state index contributed by atoms with van der Waals surface area (Å²) in [4.78, 5) is 13.6. The summed E-state index contributed by atoms with van der Waals surface area (Å²) in [5.41, 5.74) is 1.82. The first-order valence-corrected chi connectivity index (χ1v) is 8.32. The molecule has 3 heterocycles. The lowest BCUT2D eigenvalue weighted by Gasteiger charge is -2.32. The highest BCUT2D eigenvalue weighted by atomic mass is 15.3. The van der Waals surface area contributed by atoms with Gasteiger partial charge in [0, 0.05) is 43.9 Å². The molecule has 2 aliphatic rings. The van der Waals surface area contributed by atoms with E-state index in [0.717, 1.165) is 32.0 Å². The van der Waals surface area contributed by atoms with E-state index in [9.17, 15) is 0 Å². The molecule has 0 unspecified atom stereocenters. The largest absolute Gasteiger partial charge is 0.338 e. The number of nitrogens with zero attached hydrogens (tertiary/aromatic N) is 5. The van der Waals surface area contributed by atoms with Gasteiger partial charge in [-0.25, -0.2) is 4.98 Å². The van der Waals surface area contributed by atoms with Crippen LogP contribution in [0.3, 0.4) is 0 Å². The fourth-order valence-electron chi connectivity index (χ4n) is 2.86. The first-order valence-electron chi connectivity index (χ1n) is 8.32. The molecule has 0 radical (unpaired) electrons. The predicted molar refractivity (Wildman–Crippen MR) is 93.5 cm³/mol. The van der Waals surface area contributed by atoms with Gasteiger partial charge in [-0.05, 0) is 19.9 Å². The fourth-order valence-corrected chi connectivity index (χ4v) is 2.86. The number of anilines is 3. The average molecular weight is 323 g/mol. The normalized spacial score (nSPS) is 18.4. The Morgan fingerprint density at radius 3 is 2.79 bits per heavy atom. The second-order valence-electron chi connectivity index (χ2n) is 6.47. The van der Waals surface area contributed by atoms with Crippen molar-refractivity contribution in [3.8, 4) is 12.3 Å². The highest BCUT2D eigenvalue weighted by Gasteiger charge is 2.25. The number of piperazine rings is 1. The first-order chi connectivity index (χ1) is 11.7. The van der Waals surface area contributed by atoms with Crippen LogP contribution >= 0.6 is 0 Å². The summed E-state index contributed by atoms with van der Waals surface area (Å²) in [5.74, 6) is 5.37. The van der Waals surface area contributed by atoms with Crippen LogP contribution in [0.4, 0.5) is 17.6 Å². The zero-order valence-corrected chi connectivity index (χ0v) is 13.8. The third kappa shape index (κ3) is 3.05. The molecule has 24 heavy (non-hydrogen) atoms. The van der Waals surface area contributed by atoms with E-state index < -0.39 is 0 Å². The number of hydrogen-bond acceptors (Lipinski definition) is 6. The van der Waals surface area contributed by atoms with Crippen LogP contribution in [-0.4, -0.2) is 58.3 Å². The van der Waals surface area contributed by atoms with Gasteiger partial charge in [-0.2, -0.15) is 10.1 Å². The zero-order chi connectivity index (χ0) is 16.5. The van der Waals surface area contributed by atoms with Crippen molar-refractivity contribution in [2.75, 3.05) is 43.4 Å². The molecule has 0 aromatic carbocycles. The Bertz CT molecular complexity index is 763. The smallest absolute Gasteiger partial charge is 0.227 e. The van der Waals surface area contributed by atoms with Crippen LogP contribution in [0.5, 0.6) is 0 Å². The van der Waals surface area contributed by atoms with Crippen molar-refractivity contribution in [3.63, 3.8) is 0 Å². The van der Waals surface area contributed by atoms with Gasteiger partial charge in [0.15, 0.2) is 11.6 Å². The number of H-pyrrole nitrogens is 1. The number of nitrogens with one attached hydrogen (secondary N) is 2. The third-order valence-corrected chi connectivity index (χ3v) is 4.58. The summed E-state index contributed by atoms with van der Waals surface area (Å²) in [5, 5.41) is 10.6. The van der Waals surface area contributed by atoms with Crippen molar-refractivity contribution >= 4 is 17.6 Å². The van der Waals surface area contributed by atoms with Gasteiger partial charge >= 0.3 is 0 Å². The molecular weight excluding hydrogens is 302 g/mol. The Labute approximate surface area is 141 Å². The monoisotopic (exact) mass is 323 g/mol. The van der Waals surface area contributed by atoms with Crippen molar-refractivity contribution in [2.45, 2.75) is 18.8 Å². The lowest BCUT2D eigenvalue weighted by atomic mass is 10.3. The lowest BCUT2D eigenvalue weighted by molar-refractivity contribution is 0.311. The van der Waals surface area contributed by atoms with E-state index in [1.807, 2.05) is 6.07 Å². The molecule has 1 saturated carbocycles. The van der Waals surface area contributed by atoms with Gasteiger partial charge in [0.2, 0.25) is 5.95 Å². The molecule has 2 fully saturated rings. The Balaban J connectivity index is 1.55. The van der Waals surface area contributed by atoms with E-state index in [0.29, 0.717) is 23.2 Å². The van der Waals surface area contributed by atoms with E-state index in [-0.39, 0.29) is 0 Å². The quantitative estimate of drug-likeness (QED) is 0.832. The van der Waals surface area contributed by atoms with Crippen molar-refractivity contribution in [1.29, 1.82) is 0 Å². The van der Waals surface area contributed by atoms with E-state index >= 15 is 0 Å². The number of aromatic nitrogens is 4. The lowest BCUT2D eigenvalue weighted by Crippen LogP contribution is -2.45. The summed E-state index contributed by atoms with van der Waals surface area (Å²) in [6, 6.07) is 2.04. The second-order valence-corrected chi connectivity index (χ2v) is 6.47. The van der Waals surface area contributed by atoms with Crippen LogP contribution in [-0.2, 0) is 0 Å². The second kappa shape index (κ2) is 6.13. The summed E-state index contributed by atoms with van der Waals surface area (Å²) in [6.07, 6.45) is 9.77. The zero-order valence-electron chi connectivity index (χ0n) is 13.8. The minimum absolute atomic E-state index is 0.631. The topological polar surface area (TPSA) is 73.0 Å². The van der Waals surface area contributed by atoms with Crippen LogP contribution in [0.25, 0.3) is 0 Å².